The number of carbonyl (C=O) groups is 2. The fourth-order valence-electron chi connectivity index (χ4n) is 2.79. The Morgan fingerprint density at radius 1 is 1.16 bits per heavy atom. The van der Waals surface area contributed by atoms with Crippen molar-refractivity contribution in [2.24, 2.45) is 0 Å². The number of rotatable bonds is 7. The largest absolute Gasteiger partial charge is 0.469 e. The maximum Gasteiger partial charge on any atom is 0.307 e. The topological polar surface area (TPSA) is 59.1 Å². The minimum Gasteiger partial charge on any atom is -0.469 e. The summed E-state index contributed by atoms with van der Waals surface area (Å²) < 4.78 is 10.1. The lowest BCUT2D eigenvalue weighted by Crippen LogP contribution is -2.43. The van der Waals surface area contributed by atoms with Crippen molar-refractivity contribution in [2.75, 3.05) is 53.0 Å². The van der Waals surface area contributed by atoms with Crippen molar-refractivity contribution in [3.05, 3.63) is 34.9 Å². The Labute approximate surface area is 149 Å². The van der Waals surface area contributed by atoms with Gasteiger partial charge in [0.15, 0.2) is 0 Å². The molecule has 0 spiro atoms. The molecule has 1 aliphatic heterocycles. The molecule has 0 radical (unpaired) electrons. The van der Waals surface area contributed by atoms with Crippen molar-refractivity contribution in [3.63, 3.8) is 0 Å². The number of hydrogen-bond acceptors (Lipinski definition) is 5. The Bertz CT molecular complexity index is 597. The van der Waals surface area contributed by atoms with Crippen LogP contribution in [0.25, 0.3) is 0 Å². The van der Waals surface area contributed by atoms with Gasteiger partial charge >= 0.3 is 5.97 Å². The SMILES string of the molecule is COC(=O)CCN(CCN1CCOCC1)C(=O)c1ccc(C)c(C)c1. The van der Waals surface area contributed by atoms with E-state index in [1.807, 2.05) is 32.0 Å². The fourth-order valence-corrected chi connectivity index (χ4v) is 2.79. The number of esters is 1. The van der Waals surface area contributed by atoms with Crippen LogP contribution in [0.15, 0.2) is 18.2 Å². The van der Waals surface area contributed by atoms with Crippen LogP contribution in [0.2, 0.25) is 0 Å². The number of hydrogen-bond donors (Lipinski definition) is 0. The van der Waals surface area contributed by atoms with Crippen LogP contribution < -0.4 is 0 Å². The second kappa shape index (κ2) is 9.53. The van der Waals surface area contributed by atoms with Crippen LogP contribution in [0, 0.1) is 13.8 Å². The third-order valence-electron chi connectivity index (χ3n) is 4.64. The molecule has 0 aliphatic carbocycles. The molecule has 0 bridgehead atoms. The first-order valence-corrected chi connectivity index (χ1v) is 8.74. The van der Waals surface area contributed by atoms with Gasteiger partial charge in [0.2, 0.25) is 0 Å². The van der Waals surface area contributed by atoms with E-state index in [9.17, 15) is 9.59 Å². The number of benzene rings is 1. The molecule has 1 aromatic rings. The first kappa shape index (κ1) is 19.4. The van der Waals surface area contributed by atoms with Crippen molar-refractivity contribution >= 4 is 11.9 Å². The van der Waals surface area contributed by atoms with E-state index in [1.165, 1.54) is 7.11 Å². The van der Waals surface area contributed by atoms with Gasteiger partial charge in [-0.1, -0.05) is 6.07 Å². The first-order valence-electron chi connectivity index (χ1n) is 8.74. The van der Waals surface area contributed by atoms with Gasteiger partial charge in [-0.3, -0.25) is 14.5 Å². The monoisotopic (exact) mass is 348 g/mol. The number of aryl methyl sites for hydroxylation is 2. The Balaban J connectivity index is 2.04. The van der Waals surface area contributed by atoms with E-state index < -0.39 is 0 Å². The molecule has 25 heavy (non-hydrogen) atoms. The number of carbonyl (C=O) groups excluding carboxylic acids is 2. The highest BCUT2D eigenvalue weighted by Crippen LogP contribution is 2.13. The van der Waals surface area contributed by atoms with E-state index in [0.29, 0.717) is 18.7 Å². The molecule has 1 saturated heterocycles. The minimum absolute atomic E-state index is 0.0414. The molecule has 0 atom stereocenters. The summed E-state index contributed by atoms with van der Waals surface area (Å²) >= 11 is 0. The van der Waals surface area contributed by atoms with Crippen molar-refractivity contribution in [2.45, 2.75) is 20.3 Å². The molecule has 138 valence electrons. The summed E-state index contributed by atoms with van der Waals surface area (Å²) in [4.78, 5) is 28.4. The lowest BCUT2D eigenvalue weighted by atomic mass is 10.1. The number of morpholine rings is 1. The van der Waals surface area contributed by atoms with Gasteiger partial charge in [0, 0.05) is 38.3 Å². The Morgan fingerprint density at radius 3 is 2.52 bits per heavy atom. The Hall–Kier alpha value is -1.92. The highest BCUT2D eigenvalue weighted by Gasteiger charge is 2.19. The van der Waals surface area contributed by atoms with Crippen molar-refractivity contribution in [1.29, 1.82) is 0 Å². The van der Waals surface area contributed by atoms with Gasteiger partial charge in [-0.05, 0) is 37.1 Å². The number of amides is 1. The quantitative estimate of drug-likeness (QED) is 0.701. The van der Waals surface area contributed by atoms with Gasteiger partial charge in [0.1, 0.15) is 0 Å². The lowest BCUT2D eigenvalue weighted by Gasteiger charge is -2.30. The van der Waals surface area contributed by atoms with Crippen LogP contribution in [0.4, 0.5) is 0 Å². The molecular formula is C19H28N2O4. The van der Waals surface area contributed by atoms with Crippen molar-refractivity contribution in [1.82, 2.24) is 9.80 Å². The molecule has 1 aromatic carbocycles. The lowest BCUT2D eigenvalue weighted by molar-refractivity contribution is -0.140. The van der Waals surface area contributed by atoms with E-state index in [4.69, 9.17) is 9.47 Å². The molecule has 1 aliphatic rings. The van der Waals surface area contributed by atoms with Crippen LogP contribution in [0.1, 0.15) is 27.9 Å². The van der Waals surface area contributed by atoms with Crippen LogP contribution in [0.3, 0.4) is 0 Å². The summed E-state index contributed by atoms with van der Waals surface area (Å²) in [5, 5.41) is 0. The molecule has 6 nitrogen and oxygen atoms in total. The summed E-state index contributed by atoms with van der Waals surface area (Å²) in [7, 11) is 1.37. The fraction of sp³-hybridized carbons (Fsp3) is 0.579. The third kappa shape index (κ3) is 5.83. The van der Waals surface area contributed by atoms with Gasteiger partial charge in [-0.15, -0.1) is 0 Å². The molecule has 1 heterocycles. The molecule has 2 rings (SSSR count). The summed E-state index contributed by atoms with van der Waals surface area (Å²) in [6, 6.07) is 5.73. The Kier molecular flexibility index (Phi) is 7.40. The zero-order valence-electron chi connectivity index (χ0n) is 15.4. The van der Waals surface area contributed by atoms with Crippen molar-refractivity contribution < 1.29 is 19.1 Å². The predicted molar refractivity (Wildman–Crippen MR) is 95.7 cm³/mol. The van der Waals surface area contributed by atoms with Gasteiger partial charge < -0.3 is 14.4 Å². The highest BCUT2D eigenvalue weighted by atomic mass is 16.5. The summed E-state index contributed by atoms with van der Waals surface area (Å²) in [6.45, 7) is 8.97. The second-order valence-corrected chi connectivity index (χ2v) is 6.37. The molecular weight excluding hydrogens is 320 g/mol. The van der Waals surface area contributed by atoms with Crippen LogP contribution >= 0.6 is 0 Å². The molecule has 6 heteroatoms. The zero-order chi connectivity index (χ0) is 18.2. The van der Waals surface area contributed by atoms with Gasteiger partial charge in [0.25, 0.3) is 5.91 Å². The highest BCUT2D eigenvalue weighted by molar-refractivity contribution is 5.94. The average Bonchev–Trinajstić information content (AvgIpc) is 2.64. The van der Waals surface area contributed by atoms with E-state index in [-0.39, 0.29) is 18.3 Å². The minimum atomic E-state index is -0.302. The van der Waals surface area contributed by atoms with Crippen LogP contribution in [0.5, 0.6) is 0 Å². The zero-order valence-corrected chi connectivity index (χ0v) is 15.4. The molecule has 1 fully saturated rings. The first-order chi connectivity index (χ1) is 12.0. The molecule has 0 saturated carbocycles. The molecule has 1 amide bonds. The molecule has 0 aromatic heterocycles. The third-order valence-corrected chi connectivity index (χ3v) is 4.64. The van der Waals surface area contributed by atoms with Gasteiger partial charge in [0.05, 0.1) is 26.7 Å². The molecule has 0 N–H and O–H groups in total. The van der Waals surface area contributed by atoms with E-state index in [2.05, 4.69) is 4.90 Å². The maximum absolute atomic E-state index is 12.9. The summed E-state index contributed by atoms with van der Waals surface area (Å²) in [6.07, 6.45) is 0.205. The van der Waals surface area contributed by atoms with Crippen molar-refractivity contribution in [3.8, 4) is 0 Å². The summed E-state index contributed by atoms with van der Waals surface area (Å²) in [5.41, 5.74) is 2.91. The van der Waals surface area contributed by atoms with Gasteiger partial charge in [-0.2, -0.15) is 0 Å². The number of methoxy groups -OCH3 is 1. The molecule has 0 unspecified atom stereocenters. The number of ether oxygens (including phenoxy) is 2. The predicted octanol–water partition coefficient (Wildman–Crippen LogP) is 1.64. The smallest absolute Gasteiger partial charge is 0.307 e. The Morgan fingerprint density at radius 2 is 1.88 bits per heavy atom. The van der Waals surface area contributed by atoms with Gasteiger partial charge in [-0.25, -0.2) is 0 Å². The number of nitrogens with zero attached hydrogens (tertiary/aromatic N) is 2. The maximum atomic E-state index is 12.9. The normalized spacial score (nSPS) is 15.0. The summed E-state index contributed by atoms with van der Waals surface area (Å²) in [5.74, 6) is -0.343. The van der Waals surface area contributed by atoms with E-state index in [1.54, 1.807) is 4.90 Å². The second-order valence-electron chi connectivity index (χ2n) is 6.37. The standard InChI is InChI=1S/C19H28N2O4/c1-15-4-5-17(14-16(15)2)19(23)21(7-6-18(22)24-3)9-8-20-10-12-25-13-11-20/h4-5,14H,6-13H2,1-3H3. The van der Waals surface area contributed by atoms with Crippen LogP contribution in [-0.4, -0.2) is 74.7 Å². The van der Waals surface area contributed by atoms with E-state index >= 15 is 0 Å². The van der Waals surface area contributed by atoms with Crippen LogP contribution in [-0.2, 0) is 14.3 Å². The average molecular weight is 348 g/mol. The van der Waals surface area contributed by atoms with E-state index in [0.717, 1.165) is 44.0 Å².